The van der Waals surface area contributed by atoms with Crippen molar-refractivity contribution >= 4 is 11.5 Å². The third-order valence-electron chi connectivity index (χ3n) is 3.73. The van der Waals surface area contributed by atoms with Crippen molar-refractivity contribution in [1.82, 2.24) is 0 Å². The first-order valence-corrected chi connectivity index (χ1v) is 7.61. The van der Waals surface area contributed by atoms with Crippen LogP contribution >= 0.6 is 0 Å². The normalized spacial score (nSPS) is 17.8. The average molecular weight is 294 g/mol. The first-order chi connectivity index (χ1) is 10.6. The van der Waals surface area contributed by atoms with E-state index in [0.29, 0.717) is 0 Å². The van der Waals surface area contributed by atoms with E-state index in [1.165, 1.54) is 34.8 Å². The summed E-state index contributed by atoms with van der Waals surface area (Å²) in [5.74, 6) is -0.913. The Bertz CT molecular complexity index is 673. The van der Waals surface area contributed by atoms with Gasteiger partial charge in [0.15, 0.2) is 0 Å². The van der Waals surface area contributed by atoms with Crippen molar-refractivity contribution in [3.8, 4) is 0 Å². The molecule has 2 rings (SSSR count). The molecule has 2 nitrogen and oxygen atoms in total. The maximum Gasteiger partial charge on any atom is 0.328 e. The Balaban J connectivity index is 2.15. The van der Waals surface area contributed by atoms with Gasteiger partial charge in [-0.1, -0.05) is 54.1 Å². The molecule has 1 aromatic rings. The topological polar surface area (TPSA) is 37.3 Å². The van der Waals surface area contributed by atoms with E-state index in [-0.39, 0.29) is 0 Å². The second kappa shape index (κ2) is 7.60. The molecule has 0 spiro atoms. The van der Waals surface area contributed by atoms with Crippen LogP contribution in [0.2, 0.25) is 0 Å². The fourth-order valence-electron chi connectivity index (χ4n) is 2.72. The molecule has 0 saturated heterocycles. The van der Waals surface area contributed by atoms with Crippen molar-refractivity contribution in [2.45, 2.75) is 33.1 Å². The van der Waals surface area contributed by atoms with Gasteiger partial charge in [-0.2, -0.15) is 0 Å². The summed E-state index contributed by atoms with van der Waals surface area (Å²) in [5, 5.41) is 8.67. The van der Waals surface area contributed by atoms with Crippen LogP contribution in [-0.2, 0) is 11.2 Å². The highest BCUT2D eigenvalue weighted by Crippen LogP contribution is 2.31. The molecule has 1 aliphatic carbocycles. The quantitative estimate of drug-likeness (QED) is 0.631. The number of aryl methyl sites for hydroxylation is 1. The zero-order valence-corrected chi connectivity index (χ0v) is 13.2. The summed E-state index contributed by atoms with van der Waals surface area (Å²) in [6.45, 7) is 3.86. The van der Waals surface area contributed by atoms with Crippen LogP contribution in [0.15, 0.2) is 65.8 Å². The molecule has 0 heterocycles. The molecule has 22 heavy (non-hydrogen) atoms. The number of benzene rings is 1. The fourth-order valence-corrected chi connectivity index (χ4v) is 2.72. The maximum atomic E-state index is 10.6. The van der Waals surface area contributed by atoms with E-state index in [0.717, 1.165) is 18.4 Å². The van der Waals surface area contributed by atoms with Crippen LogP contribution in [0.25, 0.3) is 5.57 Å². The predicted octanol–water partition coefficient (Wildman–Crippen LogP) is 4.94. The van der Waals surface area contributed by atoms with Crippen LogP contribution in [0.1, 0.15) is 37.8 Å². The minimum Gasteiger partial charge on any atom is -0.478 e. The molecule has 1 aromatic carbocycles. The smallest absolute Gasteiger partial charge is 0.328 e. The molecule has 114 valence electrons. The number of carboxylic acids is 1. The van der Waals surface area contributed by atoms with E-state index in [4.69, 9.17) is 5.11 Å². The number of hydrogen-bond donors (Lipinski definition) is 1. The second-order valence-corrected chi connectivity index (χ2v) is 5.68. The van der Waals surface area contributed by atoms with Gasteiger partial charge in [0.25, 0.3) is 0 Å². The zero-order valence-electron chi connectivity index (χ0n) is 13.2. The van der Waals surface area contributed by atoms with E-state index < -0.39 is 5.97 Å². The molecule has 1 N–H and O–H groups in total. The highest BCUT2D eigenvalue weighted by Gasteiger charge is 2.12. The molecule has 2 heteroatoms. The van der Waals surface area contributed by atoms with Gasteiger partial charge in [0.1, 0.15) is 0 Å². The highest BCUT2D eigenvalue weighted by atomic mass is 16.4. The number of carbonyl (C=O) groups is 1. The number of carboxylic acid groups (broad SMARTS) is 1. The molecule has 0 fully saturated rings. The Hall–Kier alpha value is -2.35. The second-order valence-electron chi connectivity index (χ2n) is 5.68. The monoisotopic (exact) mass is 294 g/mol. The lowest BCUT2D eigenvalue weighted by molar-refractivity contribution is -0.131. The van der Waals surface area contributed by atoms with Gasteiger partial charge >= 0.3 is 5.97 Å². The Labute approximate surface area is 132 Å². The van der Waals surface area contributed by atoms with Crippen molar-refractivity contribution in [2.75, 3.05) is 0 Å². The van der Waals surface area contributed by atoms with E-state index in [1.54, 1.807) is 6.92 Å². The van der Waals surface area contributed by atoms with Crippen LogP contribution in [0.5, 0.6) is 0 Å². The van der Waals surface area contributed by atoms with E-state index >= 15 is 0 Å². The van der Waals surface area contributed by atoms with Gasteiger partial charge < -0.3 is 5.11 Å². The summed E-state index contributed by atoms with van der Waals surface area (Å²) >= 11 is 0. The lowest BCUT2D eigenvalue weighted by atomic mass is 9.86. The number of allylic oxidation sites excluding steroid dienone is 7. The van der Waals surface area contributed by atoms with Crippen molar-refractivity contribution in [3.05, 3.63) is 76.9 Å². The molecule has 0 saturated carbocycles. The Morgan fingerprint density at radius 3 is 2.68 bits per heavy atom. The van der Waals surface area contributed by atoms with Crippen LogP contribution in [0, 0.1) is 0 Å². The number of aliphatic carboxylic acids is 1. The molecule has 0 aromatic heterocycles. The van der Waals surface area contributed by atoms with Crippen LogP contribution < -0.4 is 0 Å². The average Bonchev–Trinajstić information content (AvgIpc) is 2.47. The Kier molecular flexibility index (Phi) is 5.54. The van der Waals surface area contributed by atoms with Gasteiger partial charge in [0, 0.05) is 6.08 Å². The number of rotatable bonds is 4. The summed E-state index contributed by atoms with van der Waals surface area (Å²) in [6.07, 6.45) is 12.6. The first kappa shape index (κ1) is 16.0. The molecule has 0 atom stereocenters. The van der Waals surface area contributed by atoms with E-state index in [2.05, 4.69) is 37.3 Å². The Morgan fingerprint density at radius 2 is 1.91 bits per heavy atom. The van der Waals surface area contributed by atoms with Gasteiger partial charge in [0.05, 0.1) is 0 Å². The molecule has 0 aliphatic heterocycles. The van der Waals surface area contributed by atoms with Gasteiger partial charge in [-0.25, -0.2) is 4.79 Å². The number of fused-ring (bicyclic) bond motifs is 1. The summed E-state index contributed by atoms with van der Waals surface area (Å²) in [7, 11) is 0. The van der Waals surface area contributed by atoms with Crippen molar-refractivity contribution in [3.63, 3.8) is 0 Å². The molecular weight excluding hydrogens is 272 g/mol. The van der Waals surface area contributed by atoms with Crippen LogP contribution in [-0.4, -0.2) is 11.1 Å². The summed E-state index contributed by atoms with van der Waals surface area (Å²) in [6, 6.07) is 8.60. The van der Waals surface area contributed by atoms with Gasteiger partial charge in [-0.05, 0) is 55.4 Å². The molecule has 0 radical (unpaired) electrons. The van der Waals surface area contributed by atoms with Crippen LogP contribution in [0.3, 0.4) is 0 Å². The first-order valence-electron chi connectivity index (χ1n) is 7.61. The molecule has 0 unspecified atom stereocenters. The van der Waals surface area contributed by atoms with Crippen molar-refractivity contribution in [2.24, 2.45) is 0 Å². The van der Waals surface area contributed by atoms with Gasteiger partial charge in [-0.3, -0.25) is 0 Å². The van der Waals surface area contributed by atoms with Crippen molar-refractivity contribution in [1.29, 1.82) is 0 Å². The fraction of sp³-hybridized carbons (Fsp3) is 0.250. The molecule has 0 bridgehead atoms. The third-order valence-corrected chi connectivity index (χ3v) is 3.73. The third kappa shape index (κ3) is 4.59. The minimum absolute atomic E-state index is 0.729. The van der Waals surface area contributed by atoms with Crippen molar-refractivity contribution < 1.29 is 9.90 Å². The largest absolute Gasteiger partial charge is 0.478 e. The highest BCUT2D eigenvalue weighted by molar-refractivity contribution is 5.81. The lowest BCUT2D eigenvalue weighted by Gasteiger charge is -2.18. The molecular formula is C20H22O2. The van der Waals surface area contributed by atoms with E-state index in [1.807, 2.05) is 18.2 Å². The summed E-state index contributed by atoms with van der Waals surface area (Å²) in [4.78, 5) is 10.6. The SMILES string of the molecule is CC(/C=C1/CCCc2ccccc21)=C\C=C\C(C)=C\C(=O)O. The molecule has 1 aliphatic rings. The summed E-state index contributed by atoms with van der Waals surface area (Å²) in [5.41, 5.74) is 6.09. The number of hydrogen-bond acceptors (Lipinski definition) is 1. The maximum absolute atomic E-state index is 10.6. The zero-order chi connectivity index (χ0) is 15.9. The lowest BCUT2D eigenvalue weighted by Crippen LogP contribution is -2.01. The predicted molar refractivity (Wildman–Crippen MR) is 91.6 cm³/mol. The van der Waals surface area contributed by atoms with Crippen LogP contribution in [0.4, 0.5) is 0 Å². The van der Waals surface area contributed by atoms with E-state index in [9.17, 15) is 4.79 Å². The Morgan fingerprint density at radius 1 is 1.14 bits per heavy atom. The minimum atomic E-state index is -0.913. The van der Waals surface area contributed by atoms with Gasteiger partial charge in [0.2, 0.25) is 0 Å². The summed E-state index contributed by atoms with van der Waals surface area (Å²) < 4.78 is 0. The molecule has 0 amide bonds. The standard InChI is InChI=1S/C20H22O2/c1-15(7-5-8-16(2)14-20(21)22)13-18-11-6-10-17-9-3-4-12-19(17)18/h3-5,7-9,12-14H,6,10-11H2,1-2H3,(H,21,22)/b8-5+,15-7+,16-14+,18-13-. The van der Waals surface area contributed by atoms with Gasteiger partial charge in [-0.15, -0.1) is 0 Å².